The number of rotatable bonds is 6. The maximum atomic E-state index is 12.3. The van der Waals surface area contributed by atoms with Crippen molar-refractivity contribution in [1.29, 1.82) is 0 Å². The number of carbonyl (C=O) groups is 4. The molecule has 0 aromatic rings. The summed E-state index contributed by atoms with van der Waals surface area (Å²) in [5.74, 6) is -5.91. The molecule has 27 heavy (non-hydrogen) atoms. The summed E-state index contributed by atoms with van der Waals surface area (Å²) in [4.78, 5) is 51.6. The van der Waals surface area contributed by atoms with Gasteiger partial charge in [-0.15, -0.1) is 0 Å². The Balaban J connectivity index is 0.00000364. The van der Waals surface area contributed by atoms with E-state index in [1.165, 1.54) is 0 Å². The van der Waals surface area contributed by atoms with Gasteiger partial charge in [-0.3, -0.25) is 19.2 Å². The predicted octanol–water partition coefficient (Wildman–Crippen LogP) is -5.28. The molecule has 1 unspecified atom stereocenters. The number of cyclic esters (lactones) is 1. The summed E-state index contributed by atoms with van der Waals surface area (Å²) in [6, 6.07) is -1.39. The van der Waals surface area contributed by atoms with Crippen molar-refractivity contribution in [1.82, 2.24) is 10.4 Å². The largest absolute Gasteiger partial charge is 1.00 e. The van der Waals surface area contributed by atoms with Gasteiger partial charge in [-0.05, 0) is 0 Å². The first-order valence-electron chi connectivity index (χ1n) is 6.92. The molecule has 2 rings (SSSR count). The number of nitrogens with one attached hydrogen (secondary N) is 1. The molecule has 2 saturated heterocycles. The Bertz CT molecular complexity index is 799. The average molecular weight is 453 g/mol. The third-order valence-corrected chi connectivity index (χ3v) is 5.14. The quantitative estimate of drug-likeness (QED) is 0.306. The van der Waals surface area contributed by atoms with E-state index in [4.69, 9.17) is 28.0 Å². The van der Waals surface area contributed by atoms with Crippen LogP contribution < -0.4 is 40.0 Å². The molecule has 15 heteroatoms. The number of nitrogens with zero attached hydrogens (tertiary/aromatic N) is 1. The topological polar surface area (TPSA) is 159 Å². The van der Waals surface area contributed by atoms with Gasteiger partial charge in [0, 0.05) is 6.42 Å². The molecule has 2 aliphatic rings. The molecule has 2 aliphatic heterocycles. The average Bonchev–Trinajstić information content (AvgIpc) is 3.02. The van der Waals surface area contributed by atoms with E-state index in [0.717, 1.165) is 0 Å². The summed E-state index contributed by atoms with van der Waals surface area (Å²) in [6.45, 7) is -0.497. The molecule has 0 saturated carbocycles. The number of hydroxylamine groups is 2. The van der Waals surface area contributed by atoms with E-state index in [0.29, 0.717) is 10.5 Å². The van der Waals surface area contributed by atoms with Gasteiger partial charge in [0.1, 0.15) is 28.9 Å². The summed E-state index contributed by atoms with van der Waals surface area (Å²) < 4.78 is 27.3. The number of esters is 1. The van der Waals surface area contributed by atoms with Gasteiger partial charge in [-0.1, -0.05) is 23.2 Å². The van der Waals surface area contributed by atoms with Gasteiger partial charge in [-0.2, -0.15) is 5.06 Å². The maximum Gasteiger partial charge on any atom is 1.00 e. The number of amides is 2. The molecule has 0 bridgehead atoms. The third kappa shape index (κ3) is 5.56. The van der Waals surface area contributed by atoms with E-state index in [2.05, 4.69) is 10.1 Å². The van der Waals surface area contributed by atoms with Crippen molar-refractivity contribution in [2.45, 2.75) is 24.6 Å². The van der Waals surface area contributed by atoms with Crippen molar-refractivity contribution in [3.63, 3.8) is 0 Å². The first-order chi connectivity index (χ1) is 12.0. The number of carboxylic acids is 1. The first-order valence-corrected chi connectivity index (χ1v) is 9.39. The van der Waals surface area contributed by atoms with E-state index >= 15 is 0 Å². The monoisotopic (exact) mass is 452 g/mol. The summed E-state index contributed by atoms with van der Waals surface area (Å²) in [6.07, 6.45) is -0.671. The van der Waals surface area contributed by atoms with Crippen molar-refractivity contribution in [3.8, 4) is 0 Å². The van der Waals surface area contributed by atoms with Gasteiger partial charge in [-0.25, -0.2) is 8.42 Å². The molecule has 2 amide bonds. The number of sulfone groups is 1. The fourth-order valence-electron chi connectivity index (χ4n) is 2.34. The number of aliphatic carboxylic acids is 1. The number of hydrogen-bond acceptors (Lipinski definition) is 9. The fraction of sp³-hybridized carbons (Fsp3) is 0.500. The van der Waals surface area contributed by atoms with Crippen molar-refractivity contribution in [3.05, 3.63) is 9.90 Å². The summed E-state index contributed by atoms with van der Waals surface area (Å²) in [7, 11) is -4.08. The second-order valence-corrected chi connectivity index (χ2v) is 8.17. The standard InChI is InChI=1S/C12H12Cl2N2O9S.Na/c13-7(14)4-26(22,23)5-8(17)15-6-3-24-16(10(6)19)12(11(20)21)2-1-9(18)25-12;/h4,6H,1-3,5H2,(H,15,17)(H,20,21);/q;+1/p-1/t6-,12?;/m0./s1. The second-order valence-electron chi connectivity index (χ2n) is 5.31. The molecule has 0 radical (unpaired) electrons. The third-order valence-electron chi connectivity index (χ3n) is 3.40. The molecule has 0 aromatic heterocycles. The minimum atomic E-state index is -4.08. The number of halogens is 2. The van der Waals surface area contributed by atoms with Crippen LogP contribution in [0.25, 0.3) is 0 Å². The van der Waals surface area contributed by atoms with Crippen LogP contribution in [0.3, 0.4) is 0 Å². The van der Waals surface area contributed by atoms with Crippen LogP contribution in [0.2, 0.25) is 0 Å². The van der Waals surface area contributed by atoms with E-state index in [9.17, 15) is 32.7 Å². The van der Waals surface area contributed by atoms with Crippen LogP contribution in [0.5, 0.6) is 0 Å². The van der Waals surface area contributed by atoms with Crippen LogP contribution in [0.4, 0.5) is 0 Å². The van der Waals surface area contributed by atoms with Crippen LogP contribution in [0, 0.1) is 0 Å². The molecule has 0 spiro atoms. The molecule has 11 nitrogen and oxygen atoms in total. The number of ether oxygens (including phenoxy) is 1. The van der Waals surface area contributed by atoms with E-state index in [-0.39, 0.29) is 36.0 Å². The Hall–Kier alpha value is -0.890. The fourth-order valence-corrected chi connectivity index (χ4v) is 3.96. The zero-order chi connectivity index (χ0) is 19.7. The van der Waals surface area contributed by atoms with Gasteiger partial charge in [0.05, 0.1) is 11.8 Å². The van der Waals surface area contributed by atoms with Crippen molar-refractivity contribution in [2.24, 2.45) is 0 Å². The van der Waals surface area contributed by atoms with Crippen LogP contribution in [-0.4, -0.2) is 61.4 Å². The Morgan fingerprint density at radius 2 is 2.00 bits per heavy atom. The van der Waals surface area contributed by atoms with Crippen LogP contribution >= 0.6 is 23.2 Å². The Labute approximate surface area is 185 Å². The molecule has 2 atom stereocenters. The van der Waals surface area contributed by atoms with Crippen LogP contribution in [0.15, 0.2) is 9.90 Å². The smallest absolute Gasteiger partial charge is 0.544 e. The minimum Gasteiger partial charge on any atom is -0.544 e. The van der Waals surface area contributed by atoms with Crippen molar-refractivity contribution < 1.29 is 71.8 Å². The molecular weight excluding hydrogens is 442 g/mol. The summed E-state index contributed by atoms with van der Waals surface area (Å²) in [5, 5.41) is 14.2. The van der Waals surface area contributed by atoms with Crippen LogP contribution in [-0.2, 0) is 38.6 Å². The van der Waals surface area contributed by atoms with Crippen molar-refractivity contribution >= 4 is 56.8 Å². The molecule has 144 valence electrons. The SMILES string of the molecule is O=C(CS(=O)(=O)C=C(Cl)Cl)N[C@H]1CON(C2(C(=O)[O-])CCC(=O)O2)C1=O.[Na+]. The van der Waals surface area contributed by atoms with E-state index in [1.807, 2.05) is 0 Å². The molecule has 0 aliphatic carbocycles. The maximum absolute atomic E-state index is 12.3. The minimum absolute atomic E-state index is 0. The zero-order valence-corrected chi connectivity index (χ0v) is 18.1. The molecule has 1 N–H and O–H groups in total. The number of carboxylic acid groups (broad SMARTS) is 1. The van der Waals surface area contributed by atoms with Gasteiger partial charge in [0.2, 0.25) is 5.91 Å². The number of hydrogen-bond donors (Lipinski definition) is 1. The molecule has 0 aromatic carbocycles. The Morgan fingerprint density at radius 1 is 1.37 bits per heavy atom. The van der Waals surface area contributed by atoms with E-state index in [1.54, 1.807) is 0 Å². The first kappa shape index (κ1) is 24.1. The predicted molar refractivity (Wildman–Crippen MR) is 81.4 cm³/mol. The van der Waals surface area contributed by atoms with Gasteiger partial charge in [0.25, 0.3) is 11.6 Å². The summed E-state index contributed by atoms with van der Waals surface area (Å²) >= 11 is 10.4. The molecular formula is C12H11Cl2N2NaO9S. The van der Waals surface area contributed by atoms with E-state index < -0.39 is 68.6 Å². The normalized spacial score (nSPS) is 24.8. The number of carbonyl (C=O) groups excluding carboxylic acids is 4. The van der Waals surface area contributed by atoms with Crippen LogP contribution in [0.1, 0.15) is 12.8 Å². The van der Waals surface area contributed by atoms with Gasteiger partial charge < -0.3 is 20.0 Å². The molecule has 2 fully saturated rings. The van der Waals surface area contributed by atoms with Crippen molar-refractivity contribution in [2.75, 3.05) is 12.4 Å². The van der Waals surface area contributed by atoms with Gasteiger partial charge >= 0.3 is 35.5 Å². The summed E-state index contributed by atoms with van der Waals surface area (Å²) in [5.41, 5.74) is -2.44. The Morgan fingerprint density at radius 3 is 2.48 bits per heavy atom. The Kier molecular flexibility index (Phi) is 8.11. The molecule has 2 heterocycles. The van der Waals surface area contributed by atoms with Gasteiger partial charge in [0.15, 0.2) is 9.84 Å². The second kappa shape index (κ2) is 9.07. The zero-order valence-electron chi connectivity index (χ0n) is 13.8.